The van der Waals surface area contributed by atoms with Crippen molar-refractivity contribution in [3.63, 3.8) is 0 Å². The van der Waals surface area contributed by atoms with E-state index < -0.39 is 6.09 Å². The minimum atomic E-state index is -0.777. The molecule has 0 atom stereocenters. The van der Waals surface area contributed by atoms with Gasteiger partial charge < -0.3 is 14.9 Å². The minimum absolute atomic E-state index is 0.257. The molecule has 0 unspecified atom stereocenters. The predicted octanol–water partition coefficient (Wildman–Crippen LogP) is 4.20. The molecule has 4 nitrogen and oxygen atoms in total. The molecular weight excluding hydrogens is 276 g/mol. The normalized spacial score (nSPS) is 26.8. The van der Waals surface area contributed by atoms with E-state index in [4.69, 9.17) is 5.11 Å². The highest BCUT2D eigenvalue weighted by atomic mass is 16.4. The van der Waals surface area contributed by atoms with Crippen molar-refractivity contribution >= 4 is 6.09 Å². The molecule has 1 saturated carbocycles. The third-order valence-corrected chi connectivity index (χ3v) is 5.70. The number of likely N-dealkylation sites (tertiary alicyclic amines) is 1. The molecule has 2 fully saturated rings. The van der Waals surface area contributed by atoms with Crippen LogP contribution in [0.1, 0.15) is 70.6 Å². The number of rotatable bonds is 7. The van der Waals surface area contributed by atoms with Crippen molar-refractivity contribution in [2.75, 3.05) is 26.7 Å². The molecule has 4 heteroatoms. The van der Waals surface area contributed by atoms with Crippen molar-refractivity contribution in [1.82, 2.24) is 9.80 Å². The van der Waals surface area contributed by atoms with E-state index in [1.807, 2.05) is 0 Å². The molecule has 2 rings (SSSR count). The van der Waals surface area contributed by atoms with Gasteiger partial charge in [-0.15, -0.1) is 0 Å². The van der Waals surface area contributed by atoms with Crippen LogP contribution in [0.25, 0.3) is 0 Å². The Kier molecular flexibility index (Phi) is 7.50. The highest BCUT2D eigenvalue weighted by molar-refractivity contribution is 5.64. The van der Waals surface area contributed by atoms with Crippen LogP contribution in [0.3, 0.4) is 0 Å². The largest absolute Gasteiger partial charge is 0.465 e. The van der Waals surface area contributed by atoms with E-state index in [9.17, 15) is 4.79 Å². The lowest BCUT2D eigenvalue weighted by Gasteiger charge is -2.33. The molecule has 1 amide bonds. The van der Waals surface area contributed by atoms with Crippen molar-refractivity contribution in [2.45, 2.75) is 76.7 Å². The van der Waals surface area contributed by atoms with Gasteiger partial charge in [-0.2, -0.15) is 0 Å². The summed E-state index contributed by atoms with van der Waals surface area (Å²) in [7, 11) is 1.72. The van der Waals surface area contributed by atoms with E-state index in [0.717, 1.165) is 18.8 Å². The first kappa shape index (κ1) is 17.6. The third kappa shape index (κ3) is 5.79. The SMILES string of the molecule is CN(C(=O)O)C1CCC(CCCCCN2CCCCC2)CC1. The Labute approximate surface area is 135 Å². The molecule has 1 aliphatic heterocycles. The molecule has 2 aliphatic rings. The Morgan fingerprint density at radius 3 is 2.36 bits per heavy atom. The van der Waals surface area contributed by atoms with Gasteiger partial charge in [-0.05, 0) is 70.5 Å². The van der Waals surface area contributed by atoms with Crippen LogP contribution in [0.2, 0.25) is 0 Å². The lowest BCUT2D eigenvalue weighted by atomic mass is 9.82. The molecule has 1 saturated heterocycles. The Hall–Kier alpha value is -0.770. The summed E-state index contributed by atoms with van der Waals surface area (Å²) in [6.07, 6.45) is 13.4. The number of hydrogen-bond acceptors (Lipinski definition) is 2. The Morgan fingerprint density at radius 2 is 1.73 bits per heavy atom. The number of nitrogens with zero attached hydrogens (tertiary/aromatic N) is 2. The maximum absolute atomic E-state index is 11.0. The van der Waals surface area contributed by atoms with E-state index in [0.29, 0.717) is 0 Å². The summed E-state index contributed by atoms with van der Waals surface area (Å²) in [5.41, 5.74) is 0. The summed E-state index contributed by atoms with van der Waals surface area (Å²) in [5.74, 6) is 0.841. The third-order valence-electron chi connectivity index (χ3n) is 5.70. The van der Waals surface area contributed by atoms with Crippen LogP contribution in [0, 0.1) is 5.92 Å². The van der Waals surface area contributed by atoms with E-state index in [1.54, 1.807) is 7.05 Å². The Bertz CT molecular complexity index is 321. The van der Waals surface area contributed by atoms with Crippen LogP contribution in [0.4, 0.5) is 4.79 Å². The van der Waals surface area contributed by atoms with Crippen LogP contribution < -0.4 is 0 Å². The van der Waals surface area contributed by atoms with Gasteiger partial charge in [0, 0.05) is 13.1 Å². The average Bonchev–Trinajstić information content (AvgIpc) is 2.55. The number of hydrogen-bond donors (Lipinski definition) is 1. The zero-order valence-electron chi connectivity index (χ0n) is 14.3. The molecule has 0 aromatic rings. The first-order chi connectivity index (χ1) is 10.7. The monoisotopic (exact) mass is 310 g/mol. The number of amides is 1. The van der Waals surface area contributed by atoms with E-state index >= 15 is 0 Å². The first-order valence-corrected chi connectivity index (χ1v) is 9.35. The van der Waals surface area contributed by atoms with E-state index in [2.05, 4.69) is 4.90 Å². The van der Waals surface area contributed by atoms with Crippen molar-refractivity contribution < 1.29 is 9.90 Å². The lowest BCUT2D eigenvalue weighted by Crippen LogP contribution is -2.38. The van der Waals surface area contributed by atoms with E-state index in [-0.39, 0.29) is 6.04 Å². The van der Waals surface area contributed by atoms with Crippen LogP contribution >= 0.6 is 0 Å². The van der Waals surface area contributed by atoms with Gasteiger partial charge in [0.25, 0.3) is 0 Å². The van der Waals surface area contributed by atoms with Crippen LogP contribution in [0.5, 0.6) is 0 Å². The maximum atomic E-state index is 11.0. The van der Waals surface area contributed by atoms with Crippen LogP contribution in [0.15, 0.2) is 0 Å². The summed E-state index contributed by atoms with van der Waals surface area (Å²) >= 11 is 0. The lowest BCUT2D eigenvalue weighted by molar-refractivity contribution is 0.117. The van der Waals surface area contributed by atoms with Gasteiger partial charge >= 0.3 is 6.09 Å². The predicted molar refractivity (Wildman–Crippen MR) is 90.3 cm³/mol. The van der Waals surface area contributed by atoms with Crippen molar-refractivity contribution in [2.24, 2.45) is 5.92 Å². The smallest absolute Gasteiger partial charge is 0.407 e. The van der Waals surface area contributed by atoms with Gasteiger partial charge in [-0.1, -0.05) is 25.7 Å². The second-order valence-corrected chi connectivity index (χ2v) is 7.32. The molecule has 22 heavy (non-hydrogen) atoms. The topological polar surface area (TPSA) is 43.8 Å². The molecule has 1 heterocycles. The van der Waals surface area contributed by atoms with Crippen molar-refractivity contribution in [3.8, 4) is 0 Å². The number of unbranched alkanes of at least 4 members (excludes halogenated alkanes) is 2. The van der Waals surface area contributed by atoms with Gasteiger partial charge in [0.05, 0.1) is 0 Å². The second-order valence-electron chi connectivity index (χ2n) is 7.32. The van der Waals surface area contributed by atoms with Gasteiger partial charge in [0.1, 0.15) is 0 Å². The van der Waals surface area contributed by atoms with Gasteiger partial charge in [0.15, 0.2) is 0 Å². The fraction of sp³-hybridized carbons (Fsp3) is 0.944. The number of carboxylic acid groups (broad SMARTS) is 1. The summed E-state index contributed by atoms with van der Waals surface area (Å²) in [4.78, 5) is 15.1. The Morgan fingerprint density at radius 1 is 1.05 bits per heavy atom. The summed E-state index contributed by atoms with van der Waals surface area (Å²) in [6, 6.07) is 0.257. The highest BCUT2D eigenvalue weighted by Gasteiger charge is 2.25. The molecule has 1 aliphatic carbocycles. The van der Waals surface area contributed by atoms with Crippen molar-refractivity contribution in [3.05, 3.63) is 0 Å². The van der Waals surface area contributed by atoms with Gasteiger partial charge in [0.2, 0.25) is 0 Å². The summed E-state index contributed by atoms with van der Waals surface area (Å²) in [6.45, 7) is 3.94. The molecule has 1 N–H and O–H groups in total. The fourth-order valence-corrected chi connectivity index (χ4v) is 4.11. The molecular formula is C18H34N2O2. The summed E-state index contributed by atoms with van der Waals surface area (Å²) in [5, 5.41) is 9.03. The molecule has 0 radical (unpaired) electrons. The average molecular weight is 310 g/mol. The number of carbonyl (C=O) groups is 1. The zero-order chi connectivity index (χ0) is 15.8. The van der Waals surface area contributed by atoms with Crippen LogP contribution in [-0.4, -0.2) is 53.7 Å². The zero-order valence-corrected chi connectivity index (χ0v) is 14.3. The molecule has 128 valence electrons. The Balaban J connectivity index is 1.49. The van der Waals surface area contributed by atoms with Crippen LogP contribution in [-0.2, 0) is 0 Å². The first-order valence-electron chi connectivity index (χ1n) is 9.35. The molecule has 0 aromatic heterocycles. The maximum Gasteiger partial charge on any atom is 0.407 e. The van der Waals surface area contributed by atoms with Gasteiger partial charge in [-0.3, -0.25) is 0 Å². The quantitative estimate of drug-likeness (QED) is 0.717. The molecule has 0 aromatic carbocycles. The molecule has 0 bridgehead atoms. The van der Waals surface area contributed by atoms with Crippen molar-refractivity contribution in [1.29, 1.82) is 0 Å². The van der Waals surface area contributed by atoms with E-state index in [1.165, 1.54) is 82.3 Å². The summed E-state index contributed by atoms with van der Waals surface area (Å²) < 4.78 is 0. The number of piperidine rings is 1. The second kappa shape index (κ2) is 9.39. The standard InChI is InChI=1S/C18H34N2O2/c1-19(18(21)22)17-11-9-16(10-12-17)8-4-2-5-13-20-14-6-3-7-15-20/h16-17H,2-15H2,1H3,(H,21,22). The minimum Gasteiger partial charge on any atom is -0.465 e. The molecule has 0 spiro atoms. The van der Waals surface area contributed by atoms with Gasteiger partial charge in [-0.25, -0.2) is 4.79 Å². The highest BCUT2D eigenvalue weighted by Crippen LogP contribution is 2.30. The fourth-order valence-electron chi connectivity index (χ4n) is 4.11.